The number of allylic oxidation sites excluding steroid dienone is 1. The molecule has 0 heteroatoms. The zero-order valence-electron chi connectivity index (χ0n) is 7.27. The van der Waals surface area contributed by atoms with Crippen molar-refractivity contribution in [3.8, 4) is 0 Å². The van der Waals surface area contributed by atoms with Crippen LogP contribution in [0.2, 0.25) is 0 Å². The predicted octanol–water partition coefficient (Wildman–Crippen LogP) is 3.58. The van der Waals surface area contributed by atoms with Crippen LogP contribution in [0.15, 0.2) is 6.08 Å². The third kappa shape index (κ3) is 4.60. The third-order valence-electron chi connectivity index (χ3n) is 2.01. The molecule has 0 saturated carbocycles. The highest BCUT2D eigenvalue weighted by atomic mass is 14.1. The number of hydrogen-bond acceptors (Lipinski definition) is 0. The normalized spacial score (nSPS) is 13.0. The Balaban J connectivity index is 3.29. The van der Waals surface area contributed by atoms with Crippen molar-refractivity contribution in [1.82, 2.24) is 0 Å². The van der Waals surface area contributed by atoms with Gasteiger partial charge in [-0.1, -0.05) is 52.2 Å². The summed E-state index contributed by atoms with van der Waals surface area (Å²) in [6.45, 7) is 9.83. The lowest BCUT2D eigenvalue weighted by molar-refractivity contribution is 0.456. The smallest absolute Gasteiger partial charge is 0.0319 e. The lowest BCUT2D eigenvalue weighted by Crippen LogP contribution is -1.96. The van der Waals surface area contributed by atoms with Gasteiger partial charge in [0.05, 0.1) is 0 Å². The summed E-state index contributed by atoms with van der Waals surface area (Å²) in [7, 11) is 0. The van der Waals surface area contributed by atoms with Gasteiger partial charge in [0.25, 0.3) is 0 Å². The fraction of sp³-hybridized carbons (Fsp3) is 0.800. The monoisotopic (exact) mass is 139 g/mol. The Hall–Kier alpha value is -0.260. The Labute approximate surface area is 65.3 Å². The van der Waals surface area contributed by atoms with Crippen LogP contribution in [0.3, 0.4) is 0 Å². The molecule has 0 aromatic heterocycles. The summed E-state index contributed by atoms with van der Waals surface area (Å²) in [6, 6.07) is 0. The fourth-order valence-electron chi connectivity index (χ4n) is 1.17. The van der Waals surface area contributed by atoms with Crippen LogP contribution in [0, 0.1) is 12.5 Å². The number of rotatable bonds is 6. The highest BCUT2D eigenvalue weighted by Gasteiger charge is 2.01. The van der Waals surface area contributed by atoms with Crippen LogP contribution in [-0.4, -0.2) is 0 Å². The van der Waals surface area contributed by atoms with E-state index in [1.165, 1.54) is 25.7 Å². The van der Waals surface area contributed by atoms with Gasteiger partial charge in [0, 0.05) is 0 Å². The molecule has 0 spiro atoms. The van der Waals surface area contributed by atoms with Crippen LogP contribution in [0.4, 0.5) is 0 Å². The van der Waals surface area contributed by atoms with Gasteiger partial charge in [0.2, 0.25) is 0 Å². The van der Waals surface area contributed by atoms with Gasteiger partial charge in [0.15, 0.2) is 0 Å². The minimum Gasteiger partial charge on any atom is -0.0843 e. The first-order valence-corrected chi connectivity index (χ1v) is 4.38. The minimum absolute atomic E-state index is 0.838. The molecular formula is C10H19. The van der Waals surface area contributed by atoms with Crippen molar-refractivity contribution in [1.29, 1.82) is 0 Å². The van der Waals surface area contributed by atoms with E-state index in [4.69, 9.17) is 6.58 Å². The standard InChI is InChI=1S/C10H19/c1-4-7-9-10(6-3)8-5-2/h2,5,10H,4,6-9H2,1,3H3. The van der Waals surface area contributed by atoms with E-state index in [-0.39, 0.29) is 0 Å². The van der Waals surface area contributed by atoms with Gasteiger partial charge in [-0.15, -0.1) is 0 Å². The molecular weight excluding hydrogens is 120 g/mol. The zero-order chi connectivity index (χ0) is 7.82. The first kappa shape index (κ1) is 9.74. The van der Waals surface area contributed by atoms with Gasteiger partial charge < -0.3 is 0 Å². The highest BCUT2D eigenvalue weighted by Crippen LogP contribution is 2.16. The quantitative estimate of drug-likeness (QED) is 0.527. The van der Waals surface area contributed by atoms with Crippen LogP contribution in [-0.2, 0) is 0 Å². The molecule has 59 valence electrons. The lowest BCUT2D eigenvalue weighted by Gasteiger charge is -2.10. The van der Waals surface area contributed by atoms with E-state index in [0.29, 0.717) is 0 Å². The minimum atomic E-state index is 0.838. The van der Waals surface area contributed by atoms with Crippen molar-refractivity contribution in [2.24, 2.45) is 5.92 Å². The molecule has 0 aliphatic heterocycles. The topological polar surface area (TPSA) is 0 Å². The van der Waals surface area contributed by atoms with Crippen LogP contribution >= 0.6 is 0 Å². The van der Waals surface area contributed by atoms with Crippen molar-refractivity contribution in [2.75, 3.05) is 0 Å². The van der Waals surface area contributed by atoms with Crippen molar-refractivity contribution in [3.05, 3.63) is 12.7 Å². The zero-order valence-corrected chi connectivity index (χ0v) is 7.27. The molecule has 0 heterocycles. The fourth-order valence-corrected chi connectivity index (χ4v) is 1.17. The third-order valence-corrected chi connectivity index (χ3v) is 2.01. The summed E-state index contributed by atoms with van der Waals surface area (Å²) in [5.41, 5.74) is 0. The average molecular weight is 139 g/mol. The predicted molar refractivity (Wildman–Crippen MR) is 46.8 cm³/mol. The first-order valence-electron chi connectivity index (χ1n) is 4.38. The highest BCUT2D eigenvalue weighted by molar-refractivity contribution is 4.69. The van der Waals surface area contributed by atoms with Crippen LogP contribution in [0.5, 0.6) is 0 Å². The first-order chi connectivity index (χ1) is 4.85. The Bertz CT molecular complexity index is 74.1. The SMILES string of the molecule is [CH]=CCC(CC)CCCC. The summed E-state index contributed by atoms with van der Waals surface area (Å²) >= 11 is 0. The molecule has 0 fully saturated rings. The van der Waals surface area contributed by atoms with Crippen molar-refractivity contribution in [3.63, 3.8) is 0 Å². The molecule has 0 aromatic carbocycles. The molecule has 0 aromatic rings. The molecule has 0 amide bonds. The molecule has 0 N–H and O–H groups in total. The van der Waals surface area contributed by atoms with Gasteiger partial charge in [0.1, 0.15) is 0 Å². The molecule has 0 rings (SSSR count). The second-order valence-electron chi connectivity index (χ2n) is 2.89. The summed E-state index contributed by atoms with van der Waals surface area (Å²) in [5.74, 6) is 0.838. The van der Waals surface area contributed by atoms with Gasteiger partial charge in [-0.2, -0.15) is 0 Å². The Kier molecular flexibility index (Phi) is 6.68. The van der Waals surface area contributed by atoms with Gasteiger partial charge in [-0.3, -0.25) is 0 Å². The van der Waals surface area contributed by atoms with Crippen molar-refractivity contribution >= 4 is 0 Å². The van der Waals surface area contributed by atoms with E-state index in [1.54, 1.807) is 6.08 Å². The number of unbranched alkanes of at least 4 members (excludes halogenated alkanes) is 1. The van der Waals surface area contributed by atoms with E-state index >= 15 is 0 Å². The van der Waals surface area contributed by atoms with Crippen LogP contribution in [0.1, 0.15) is 46.0 Å². The summed E-state index contributed by atoms with van der Waals surface area (Å²) in [5, 5.41) is 0. The molecule has 0 saturated heterocycles. The summed E-state index contributed by atoms with van der Waals surface area (Å²) in [6.07, 6.45) is 8.17. The Morgan fingerprint density at radius 1 is 1.40 bits per heavy atom. The van der Waals surface area contributed by atoms with Crippen LogP contribution in [0.25, 0.3) is 0 Å². The van der Waals surface area contributed by atoms with Gasteiger partial charge in [-0.05, 0) is 12.3 Å². The van der Waals surface area contributed by atoms with E-state index in [2.05, 4.69) is 13.8 Å². The van der Waals surface area contributed by atoms with E-state index < -0.39 is 0 Å². The summed E-state index contributed by atoms with van der Waals surface area (Å²) < 4.78 is 0. The van der Waals surface area contributed by atoms with E-state index in [0.717, 1.165) is 12.3 Å². The van der Waals surface area contributed by atoms with E-state index in [1.807, 2.05) is 0 Å². The summed E-state index contributed by atoms with van der Waals surface area (Å²) in [4.78, 5) is 0. The van der Waals surface area contributed by atoms with Gasteiger partial charge in [-0.25, -0.2) is 0 Å². The van der Waals surface area contributed by atoms with Crippen LogP contribution < -0.4 is 0 Å². The molecule has 0 nitrogen and oxygen atoms in total. The molecule has 0 aliphatic rings. The van der Waals surface area contributed by atoms with Gasteiger partial charge >= 0.3 is 0 Å². The second kappa shape index (κ2) is 6.85. The Morgan fingerprint density at radius 2 is 2.10 bits per heavy atom. The molecule has 1 radical (unpaired) electrons. The molecule has 0 bridgehead atoms. The average Bonchev–Trinajstić information content (AvgIpc) is 1.98. The van der Waals surface area contributed by atoms with E-state index in [9.17, 15) is 0 Å². The van der Waals surface area contributed by atoms with Crippen molar-refractivity contribution in [2.45, 2.75) is 46.0 Å². The second-order valence-corrected chi connectivity index (χ2v) is 2.89. The lowest BCUT2D eigenvalue weighted by atomic mass is 9.96. The maximum absolute atomic E-state index is 5.35. The largest absolute Gasteiger partial charge is 0.0843 e. The molecule has 1 atom stereocenters. The van der Waals surface area contributed by atoms with Crippen molar-refractivity contribution < 1.29 is 0 Å². The molecule has 1 unspecified atom stereocenters. The maximum Gasteiger partial charge on any atom is -0.0319 e. The number of hydrogen-bond donors (Lipinski definition) is 0. The molecule has 0 aliphatic carbocycles. The Morgan fingerprint density at radius 3 is 2.50 bits per heavy atom. The molecule has 10 heavy (non-hydrogen) atoms. The maximum atomic E-state index is 5.35.